The summed E-state index contributed by atoms with van der Waals surface area (Å²) in [6, 6.07) is 4.34. The van der Waals surface area contributed by atoms with Gasteiger partial charge in [0.05, 0.1) is 16.8 Å². The SMILES string of the molecule is CNCCN1CCN(c2cccc3c2C(=O)N(C2CCC(=O)NC2=O)C3=O)CC1. The highest BCUT2D eigenvalue weighted by Crippen LogP contribution is 2.34. The van der Waals surface area contributed by atoms with Crippen molar-refractivity contribution in [2.75, 3.05) is 51.2 Å². The van der Waals surface area contributed by atoms with E-state index in [9.17, 15) is 19.2 Å². The van der Waals surface area contributed by atoms with Crippen LogP contribution in [0.2, 0.25) is 0 Å². The average Bonchev–Trinajstić information content (AvgIpc) is 2.98. The second-order valence-corrected chi connectivity index (χ2v) is 7.58. The van der Waals surface area contributed by atoms with Crippen LogP contribution in [0.25, 0.3) is 0 Å². The van der Waals surface area contributed by atoms with Crippen molar-refractivity contribution in [3.63, 3.8) is 0 Å². The highest BCUT2D eigenvalue weighted by atomic mass is 16.2. The van der Waals surface area contributed by atoms with E-state index in [1.807, 2.05) is 13.1 Å². The molecular formula is C20H25N5O4. The lowest BCUT2D eigenvalue weighted by molar-refractivity contribution is -0.136. The Labute approximate surface area is 169 Å². The summed E-state index contributed by atoms with van der Waals surface area (Å²) >= 11 is 0. The Balaban J connectivity index is 1.56. The van der Waals surface area contributed by atoms with E-state index in [0.717, 1.165) is 49.9 Å². The van der Waals surface area contributed by atoms with Gasteiger partial charge in [0.1, 0.15) is 6.04 Å². The van der Waals surface area contributed by atoms with Crippen LogP contribution in [0.3, 0.4) is 0 Å². The Hall–Kier alpha value is -2.78. The first-order valence-corrected chi connectivity index (χ1v) is 9.97. The summed E-state index contributed by atoms with van der Waals surface area (Å²) in [7, 11) is 1.93. The summed E-state index contributed by atoms with van der Waals surface area (Å²) in [5.74, 6) is -1.88. The number of benzene rings is 1. The van der Waals surface area contributed by atoms with E-state index in [1.54, 1.807) is 12.1 Å². The Morgan fingerprint density at radius 3 is 2.52 bits per heavy atom. The number of carbonyl (C=O) groups is 4. The summed E-state index contributed by atoms with van der Waals surface area (Å²) in [6.45, 7) is 5.18. The van der Waals surface area contributed by atoms with Gasteiger partial charge in [0.2, 0.25) is 11.8 Å². The first-order valence-electron chi connectivity index (χ1n) is 9.97. The molecule has 3 heterocycles. The first kappa shape index (κ1) is 19.5. The molecule has 0 spiro atoms. The molecule has 0 aliphatic carbocycles. The lowest BCUT2D eigenvalue weighted by Gasteiger charge is -2.36. The van der Waals surface area contributed by atoms with E-state index in [1.165, 1.54) is 0 Å². The molecule has 4 amide bonds. The minimum Gasteiger partial charge on any atom is -0.368 e. The van der Waals surface area contributed by atoms with Crippen LogP contribution >= 0.6 is 0 Å². The quantitative estimate of drug-likeness (QED) is 0.640. The fourth-order valence-corrected chi connectivity index (χ4v) is 4.24. The van der Waals surface area contributed by atoms with Crippen LogP contribution in [0.5, 0.6) is 0 Å². The second-order valence-electron chi connectivity index (χ2n) is 7.58. The predicted octanol–water partition coefficient (Wildman–Crippen LogP) is -0.571. The van der Waals surface area contributed by atoms with E-state index < -0.39 is 23.8 Å². The molecule has 0 bridgehead atoms. The zero-order chi connectivity index (χ0) is 20.5. The molecule has 3 aliphatic heterocycles. The fraction of sp³-hybridized carbons (Fsp3) is 0.500. The molecule has 29 heavy (non-hydrogen) atoms. The lowest BCUT2D eigenvalue weighted by atomic mass is 10.0. The molecule has 3 aliphatic rings. The molecule has 9 heteroatoms. The summed E-state index contributed by atoms with van der Waals surface area (Å²) < 4.78 is 0. The van der Waals surface area contributed by atoms with Gasteiger partial charge < -0.3 is 10.2 Å². The van der Waals surface area contributed by atoms with Crippen molar-refractivity contribution in [2.45, 2.75) is 18.9 Å². The van der Waals surface area contributed by atoms with Gasteiger partial charge in [0, 0.05) is 45.7 Å². The standard InChI is InChI=1S/C20H25N5O4/c1-21-7-8-23-9-11-24(12-10-23)14-4-2-3-13-17(14)20(29)25(19(13)28)15-5-6-16(26)22-18(15)27/h2-4,15,21H,5-12H2,1H3,(H,22,26,27). The maximum absolute atomic E-state index is 13.2. The van der Waals surface area contributed by atoms with Crippen molar-refractivity contribution in [1.82, 2.24) is 20.4 Å². The molecule has 154 valence electrons. The van der Waals surface area contributed by atoms with Crippen molar-refractivity contribution < 1.29 is 19.2 Å². The van der Waals surface area contributed by atoms with Crippen LogP contribution in [-0.4, -0.2) is 85.8 Å². The first-order chi connectivity index (χ1) is 14.0. The van der Waals surface area contributed by atoms with E-state index in [4.69, 9.17) is 0 Å². The summed E-state index contributed by atoms with van der Waals surface area (Å²) in [5, 5.41) is 5.38. The molecule has 1 aromatic carbocycles. The maximum Gasteiger partial charge on any atom is 0.264 e. The van der Waals surface area contributed by atoms with Crippen molar-refractivity contribution in [1.29, 1.82) is 0 Å². The number of imide groups is 2. The lowest BCUT2D eigenvalue weighted by Crippen LogP contribution is -2.54. The zero-order valence-corrected chi connectivity index (χ0v) is 16.4. The number of fused-ring (bicyclic) bond motifs is 1. The number of amides is 4. The van der Waals surface area contributed by atoms with Crippen molar-refractivity contribution in [3.05, 3.63) is 29.3 Å². The number of nitrogens with one attached hydrogen (secondary N) is 2. The van der Waals surface area contributed by atoms with Crippen LogP contribution < -0.4 is 15.5 Å². The number of rotatable bonds is 5. The molecule has 2 fully saturated rings. The van der Waals surface area contributed by atoms with Gasteiger partial charge in [-0.1, -0.05) is 6.07 Å². The number of anilines is 1. The Morgan fingerprint density at radius 1 is 1.07 bits per heavy atom. The minimum absolute atomic E-state index is 0.116. The smallest absolute Gasteiger partial charge is 0.264 e. The van der Waals surface area contributed by atoms with Crippen LogP contribution in [0, 0.1) is 0 Å². The van der Waals surface area contributed by atoms with Crippen LogP contribution in [0.4, 0.5) is 5.69 Å². The zero-order valence-electron chi connectivity index (χ0n) is 16.4. The number of hydrogen-bond donors (Lipinski definition) is 2. The molecule has 0 radical (unpaired) electrons. The maximum atomic E-state index is 13.2. The van der Waals surface area contributed by atoms with Crippen LogP contribution in [0.15, 0.2) is 18.2 Å². The third-order valence-corrected chi connectivity index (χ3v) is 5.84. The van der Waals surface area contributed by atoms with Crippen molar-refractivity contribution >= 4 is 29.3 Å². The molecular weight excluding hydrogens is 374 g/mol. The molecule has 0 saturated carbocycles. The number of carbonyl (C=O) groups excluding carboxylic acids is 4. The van der Waals surface area contributed by atoms with E-state index >= 15 is 0 Å². The van der Waals surface area contributed by atoms with Crippen molar-refractivity contribution in [3.8, 4) is 0 Å². The molecule has 4 rings (SSSR count). The van der Waals surface area contributed by atoms with Crippen LogP contribution in [0.1, 0.15) is 33.6 Å². The molecule has 0 aromatic heterocycles. The molecule has 1 unspecified atom stereocenters. The number of piperidine rings is 1. The molecule has 2 saturated heterocycles. The number of likely N-dealkylation sites (N-methyl/N-ethyl adjacent to an activating group) is 1. The molecule has 1 atom stereocenters. The van der Waals surface area contributed by atoms with Gasteiger partial charge in [-0.25, -0.2) is 0 Å². The summed E-state index contributed by atoms with van der Waals surface area (Å²) in [6.07, 6.45) is 0.279. The topological polar surface area (TPSA) is 102 Å². The predicted molar refractivity (Wildman–Crippen MR) is 106 cm³/mol. The van der Waals surface area contributed by atoms with Crippen molar-refractivity contribution in [2.24, 2.45) is 0 Å². The third kappa shape index (κ3) is 3.51. The van der Waals surface area contributed by atoms with Gasteiger partial charge in [0.15, 0.2) is 0 Å². The Kier molecular flexibility index (Phi) is 5.33. The molecule has 9 nitrogen and oxygen atoms in total. The van der Waals surface area contributed by atoms with E-state index in [-0.39, 0.29) is 18.7 Å². The molecule has 2 N–H and O–H groups in total. The summed E-state index contributed by atoms with van der Waals surface area (Å²) in [4.78, 5) is 55.3. The largest absolute Gasteiger partial charge is 0.368 e. The highest BCUT2D eigenvalue weighted by molar-refractivity contribution is 6.25. The Bertz CT molecular complexity index is 862. The fourth-order valence-electron chi connectivity index (χ4n) is 4.24. The van der Waals surface area contributed by atoms with E-state index in [2.05, 4.69) is 20.4 Å². The number of nitrogens with zero attached hydrogens (tertiary/aromatic N) is 3. The van der Waals surface area contributed by atoms with Gasteiger partial charge in [-0.05, 0) is 25.6 Å². The Morgan fingerprint density at radius 2 is 1.83 bits per heavy atom. The normalized spacial score (nSPS) is 22.9. The van der Waals surface area contributed by atoms with E-state index in [0.29, 0.717) is 11.1 Å². The van der Waals surface area contributed by atoms with Gasteiger partial charge in [-0.15, -0.1) is 0 Å². The average molecular weight is 399 g/mol. The van der Waals surface area contributed by atoms with Gasteiger partial charge >= 0.3 is 0 Å². The van der Waals surface area contributed by atoms with Gasteiger partial charge in [-0.3, -0.25) is 34.3 Å². The monoisotopic (exact) mass is 399 g/mol. The number of hydrogen-bond acceptors (Lipinski definition) is 7. The van der Waals surface area contributed by atoms with Crippen LogP contribution in [-0.2, 0) is 9.59 Å². The van der Waals surface area contributed by atoms with Gasteiger partial charge in [-0.2, -0.15) is 0 Å². The molecule has 1 aromatic rings. The highest BCUT2D eigenvalue weighted by Gasteiger charge is 2.46. The third-order valence-electron chi connectivity index (χ3n) is 5.84. The second kappa shape index (κ2) is 7.92. The summed E-state index contributed by atoms with van der Waals surface area (Å²) in [5.41, 5.74) is 1.43. The number of piperazine rings is 1. The minimum atomic E-state index is -0.939. The van der Waals surface area contributed by atoms with Gasteiger partial charge in [0.25, 0.3) is 11.8 Å².